The van der Waals surface area contributed by atoms with E-state index in [2.05, 4.69) is 50.6 Å². The molecule has 15 rings (SSSR count). The van der Waals surface area contributed by atoms with E-state index < -0.39 is 23.1 Å². The van der Waals surface area contributed by atoms with E-state index in [0.717, 1.165) is 82.0 Å². The molecule has 9 aromatic rings. The number of hydrogen-bond acceptors (Lipinski definition) is 21. The van der Waals surface area contributed by atoms with Crippen molar-refractivity contribution in [3.63, 3.8) is 0 Å². The van der Waals surface area contributed by atoms with Crippen molar-refractivity contribution in [1.29, 1.82) is 0 Å². The van der Waals surface area contributed by atoms with Crippen LogP contribution in [-0.2, 0) is 48.2 Å². The molecule has 5 atom stereocenters. The topological polar surface area (TPSA) is 281 Å². The first-order chi connectivity index (χ1) is 55.8. The summed E-state index contributed by atoms with van der Waals surface area (Å²) in [5.74, 6) is 0.732. The monoisotopic (exact) mass is 1680 g/mol. The van der Waals surface area contributed by atoms with Crippen molar-refractivity contribution in [3.8, 4) is 33.4 Å². The third-order valence-corrected chi connectivity index (χ3v) is 25.7. The van der Waals surface area contributed by atoms with E-state index in [-0.39, 0.29) is 87.5 Å². The lowest BCUT2D eigenvalue weighted by molar-refractivity contribution is -0.130. The molecule has 6 aliphatic rings. The number of amides is 3. The highest BCUT2D eigenvalue weighted by Gasteiger charge is 2.37. The lowest BCUT2D eigenvalue weighted by Gasteiger charge is -2.44. The Morgan fingerprint density at radius 2 is 0.845 bits per heavy atom. The summed E-state index contributed by atoms with van der Waals surface area (Å²) in [6.45, 7) is 28.9. The molecule has 9 heterocycles. The maximum atomic E-state index is 15.2. The molecule has 0 saturated carbocycles. The number of benzene rings is 6. The summed E-state index contributed by atoms with van der Waals surface area (Å²) in [5.41, 5.74) is 24.9. The number of piperazine rings is 3. The van der Waals surface area contributed by atoms with E-state index in [1.165, 1.54) is 54.3 Å². The second-order valence-corrected chi connectivity index (χ2v) is 33.0. The maximum absolute atomic E-state index is 15.2. The van der Waals surface area contributed by atoms with Crippen LogP contribution in [0.15, 0.2) is 140 Å². The van der Waals surface area contributed by atoms with Gasteiger partial charge in [0.05, 0.1) is 84.4 Å². The number of aromatic nitrogens is 6. The summed E-state index contributed by atoms with van der Waals surface area (Å²) in [5, 5.41) is 2.31. The van der Waals surface area contributed by atoms with E-state index in [1.807, 2.05) is 56.6 Å². The molecule has 612 valence electrons. The predicted octanol–water partition coefficient (Wildman–Crippen LogP) is 10.6. The molecule has 24 nitrogen and oxygen atoms in total. The molecule has 0 radical (unpaired) electrons. The highest BCUT2D eigenvalue weighted by atomic mass is 35.5. The number of hydrogen-bond donors (Lipinski definition) is 3. The van der Waals surface area contributed by atoms with Crippen molar-refractivity contribution in [2.75, 3.05) is 137 Å². The first-order valence-electron chi connectivity index (χ1n) is 38.2. The molecular formula is C83H91Cl2F4N15O9S3. The van der Waals surface area contributed by atoms with Crippen LogP contribution in [0, 0.1) is 44.0 Å². The first kappa shape index (κ1) is 84.8. The summed E-state index contributed by atoms with van der Waals surface area (Å²) < 4.78 is 79.9. The Morgan fingerprint density at radius 3 is 1.24 bits per heavy atom. The number of nitrogens with two attached hydrogens (primary N) is 3. The van der Waals surface area contributed by atoms with E-state index >= 15 is 4.39 Å². The zero-order chi connectivity index (χ0) is 82.7. The van der Waals surface area contributed by atoms with Crippen molar-refractivity contribution >= 4 is 126 Å². The normalized spacial score (nSPS) is 18.7. The zero-order valence-electron chi connectivity index (χ0n) is 65.0. The Bertz CT molecular complexity index is 5520. The molecule has 33 heteroatoms. The largest absolute Gasteiger partial charge is 0.374 e. The van der Waals surface area contributed by atoms with Crippen molar-refractivity contribution in [2.45, 2.75) is 99.3 Å². The highest BCUT2D eigenvalue weighted by Crippen LogP contribution is 2.49. The fraction of sp³-hybridized carbons (Fsp3) is 0.386. The number of anilines is 3. The van der Waals surface area contributed by atoms with Gasteiger partial charge in [0.2, 0.25) is 17.7 Å². The van der Waals surface area contributed by atoms with Crippen LogP contribution in [0.3, 0.4) is 0 Å². The second-order valence-electron chi connectivity index (χ2n) is 29.1. The highest BCUT2D eigenvalue weighted by molar-refractivity contribution is 8.00. The van der Waals surface area contributed by atoms with Crippen LogP contribution in [0.5, 0.6) is 0 Å². The summed E-state index contributed by atoms with van der Waals surface area (Å²) in [7, 11) is 0. The summed E-state index contributed by atoms with van der Waals surface area (Å²) >= 11 is 16.9. The van der Waals surface area contributed by atoms with Crippen LogP contribution in [0.25, 0.3) is 66.1 Å². The molecule has 3 fully saturated rings. The van der Waals surface area contributed by atoms with Gasteiger partial charge in [-0.3, -0.25) is 28.1 Å². The van der Waals surface area contributed by atoms with E-state index in [4.69, 9.17) is 54.6 Å². The van der Waals surface area contributed by atoms with Gasteiger partial charge in [-0.05, 0) is 129 Å². The molecule has 3 saturated heterocycles. The van der Waals surface area contributed by atoms with Crippen molar-refractivity contribution in [2.24, 2.45) is 17.2 Å². The minimum Gasteiger partial charge on any atom is -0.374 e. The lowest BCUT2D eigenvalue weighted by Crippen LogP contribution is -2.58. The Kier molecular flexibility index (Phi) is 26.9. The number of ether oxygens (including phenoxy) is 3. The number of thioether (sulfide) groups is 3. The Labute approximate surface area is 690 Å². The van der Waals surface area contributed by atoms with Crippen LogP contribution in [0.2, 0.25) is 10.0 Å². The summed E-state index contributed by atoms with van der Waals surface area (Å²) in [6.07, 6.45) is 3.18. The van der Waals surface area contributed by atoms with Gasteiger partial charge in [0.25, 0.3) is 0 Å². The van der Waals surface area contributed by atoms with Gasteiger partial charge in [0.15, 0.2) is 0 Å². The van der Waals surface area contributed by atoms with Crippen molar-refractivity contribution in [1.82, 2.24) is 43.4 Å². The minimum atomic E-state index is -0.845. The minimum absolute atomic E-state index is 0.0386. The Hall–Kier alpha value is -9.12. The zero-order valence-corrected chi connectivity index (χ0v) is 69.0. The number of rotatable bonds is 18. The van der Waals surface area contributed by atoms with Gasteiger partial charge in [0, 0.05) is 174 Å². The molecule has 3 amide bonds. The molecule has 3 aromatic heterocycles. The maximum Gasteiger partial charge on any atom is 0.350 e. The molecule has 0 bridgehead atoms. The van der Waals surface area contributed by atoms with Crippen molar-refractivity contribution < 1.29 is 46.2 Å². The fourth-order valence-corrected chi connectivity index (χ4v) is 20.5. The predicted molar refractivity (Wildman–Crippen MR) is 453 cm³/mol. The molecule has 0 spiro atoms. The van der Waals surface area contributed by atoms with Gasteiger partial charge in [-0.1, -0.05) is 61.1 Å². The molecule has 6 aliphatic heterocycles. The first-order valence-corrected chi connectivity index (χ1v) is 42.0. The smallest absolute Gasteiger partial charge is 0.350 e. The quantitative estimate of drug-likeness (QED) is 0.0409. The average molecular weight is 1690 g/mol. The van der Waals surface area contributed by atoms with Crippen LogP contribution in [0.1, 0.15) is 30.5 Å². The molecule has 0 aliphatic carbocycles. The molecule has 6 aromatic carbocycles. The molecular weight excluding hydrogens is 1590 g/mol. The number of aryl methyl sites for hydroxylation is 3. The number of carbonyl (C=O) groups excluding carboxylic acids is 3. The van der Waals surface area contributed by atoms with Gasteiger partial charge >= 0.3 is 17.1 Å². The van der Waals surface area contributed by atoms with Gasteiger partial charge in [-0.15, -0.1) is 35.3 Å². The number of nitrogens with zero attached hydrogens (tertiary/aromatic N) is 12. The summed E-state index contributed by atoms with van der Waals surface area (Å²) in [4.78, 5) is 105. The van der Waals surface area contributed by atoms with Crippen LogP contribution < -0.4 is 49.0 Å². The second kappa shape index (κ2) is 36.8. The van der Waals surface area contributed by atoms with E-state index in [0.29, 0.717) is 169 Å². The van der Waals surface area contributed by atoms with Gasteiger partial charge in [0.1, 0.15) is 40.7 Å². The van der Waals surface area contributed by atoms with E-state index in [1.54, 1.807) is 71.3 Å². The molecule has 116 heavy (non-hydrogen) atoms. The average Bonchev–Trinajstić information content (AvgIpc) is 1.27. The third kappa shape index (κ3) is 17.4. The lowest BCUT2D eigenvalue weighted by atomic mass is 9.97. The van der Waals surface area contributed by atoms with Gasteiger partial charge < -0.3 is 60.8 Å². The van der Waals surface area contributed by atoms with Crippen molar-refractivity contribution in [3.05, 3.63) is 192 Å². The standard InChI is InChI=1S/C29H34FN5O3S.C27H28ClF2N5O3S.C27H29ClFN5O3S/c1-5-24(36)35-18(3)13-33(14-19(35)4)28-23-12-17(2)25(20-6-8-21(30)9-7-20)27-26(23)34(29(37)32-28)15-22(16-39-27)38-11-10-31;1-3-22(36)33-5-7-34(8-6-33)26-18-10-15(2)23(17-11-19(28)21(30)12-20(17)29)25-24(18)35(27(37)32-26)13-16(14-39-25)38-9-4-31;1-3-22(35)32-7-9-33(10-8-32)26-19-12-16(2)23(17-4-5-21(29)20(28)13-17)25-24(19)34(27(36)31-26)14-18(15-38-25)37-11-6-30/h5-9,12,18-19,22H,1,10-11,13-16,31H2,2-4H3;3,10-12,16H,1,4-9,13-14,31H2,2H3;3-5,12-13,18H,1,6-11,14-15,30H2,2H3/t18-,19+,22?;;. The van der Waals surface area contributed by atoms with Crippen LogP contribution in [-0.4, -0.2) is 214 Å². The van der Waals surface area contributed by atoms with Crippen LogP contribution in [0.4, 0.5) is 35.0 Å². The Balaban J connectivity index is 0.000000151. The summed E-state index contributed by atoms with van der Waals surface area (Å²) in [6, 6.07) is 19.0. The van der Waals surface area contributed by atoms with Crippen LogP contribution >= 0.6 is 58.5 Å². The number of halogens is 6. The molecule has 6 N–H and O–H groups in total. The SMILES string of the molecule is C=CC(=O)N1CCN(c2nc(=O)n3c4c(c(-c5cc(Cl)c(F)cc5F)c(C)cc24)SCC(OCCN)C3)CC1.C=CC(=O)N1CCN(c2nc(=O)n3c4c(c(-c5ccc(F)c(Cl)c5)c(C)cc24)SCC(OCCN)C3)CC1.C=CC(=O)N1[C@H](C)CN(c2nc(=O)n3c4c(c(-c5ccc(F)cc5)c(C)cc24)SCC(OCCN)C3)C[C@@H]1C. The fourth-order valence-electron chi connectivity index (χ4n) is 16.1. The third-order valence-electron chi connectivity index (χ3n) is 21.4. The van der Waals surface area contributed by atoms with E-state index in [9.17, 15) is 41.9 Å². The van der Waals surface area contributed by atoms with Gasteiger partial charge in [-0.25, -0.2) is 31.9 Å². The molecule has 3 unspecified atom stereocenters. The van der Waals surface area contributed by atoms with Gasteiger partial charge in [-0.2, -0.15) is 15.0 Å². The number of carbonyl (C=O) groups is 3. The Morgan fingerprint density at radius 1 is 0.474 bits per heavy atom.